The summed E-state index contributed by atoms with van der Waals surface area (Å²) in [7, 11) is 0. The number of carbonyl (C=O) groups is 1. The van der Waals surface area contributed by atoms with Crippen molar-refractivity contribution >= 4 is 5.97 Å². The van der Waals surface area contributed by atoms with Crippen molar-refractivity contribution in [1.82, 2.24) is 0 Å². The van der Waals surface area contributed by atoms with Crippen LogP contribution in [-0.2, 0) is 6.18 Å². The first kappa shape index (κ1) is 9.32. The summed E-state index contributed by atoms with van der Waals surface area (Å²) >= 11 is 0. The first-order valence-corrected chi connectivity index (χ1v) is 3.10. The van der Waals surface area contributed by atoms with E-state index in [9.17, 15) is 18.0 Å². The number of aromatic nitrogens is 1. The van der Waals surface area contributed by atoms with Crippen molar-refractivity contribution in [2.45, 2.75) is 6.18 Å². The molecule has 0 aromatic carbocycles. The van der Waals surface area contributed by atoms with Crippen LogP contribution in [0.4, 0.5) is 13.2 Å². The van der Waals surface area contributed by atoms with E-state index in [1.165, 1.54) is 0 Å². The first-order valence-electron chi connectivity index (χ1n) is 3.10. The Kier molecular flexibility index (Phi) is 2.10. The number of aromatic carboxylic acids is 1. The van der Waals surface area contributed by atoms with E-state index >= 15 is 0 Å². The van der Waals surface area contributed by atoms with Gasteiger partial charge in [0.05, 0.1) is 0 Å². The standard InChI is InChI=1S/C7H2F3NO2/c8-7(9,10)5-2-1-4(3-11-5)6(12)13/h1-2H/p+1. The lowest BCUT2D eigenvalue weighted by Gasteiger charge is -1.92. The number of nitrogens with zero attached hydrogens (tertiary/aromatic N) is 1. The average Bonchev–Trinajstić information content (AvgIpc) is 2.03. The number of hydrogen-bond donors (Lipinski definition) is 1. The van der Waals surface area contributed by atoms with Gasteiger partial charge in [0.2, 0.25) is 0 Å². The van der Waals surface area contributed by atoms with Crippen molar-refractivity contribution < 1.29 is 28.1 Å². The molecule has 0 aliphatic rings. The maximum Gasteiger partial charge on any atom is 0.496 e. The fourth-order valence-corrected chi connectivity index (χ4v) is 0.634. The lowest BCUT2D eigenvalue weighted by atomic mass is 10.3. The van der Waals surface area contributed by atoms with Crippen molar-refractivity contribution in [2.75, 3.05) is 0 Å². The highest BCUT2D eigenvalue weighted by Crippen LogP contribution is 2.24. The maximum absolute atomic E-state index is 11.9. The van der Waals surface area contributed by atoms with Gasteiger partial charge in [-0.2, -0.15) is 13.2 Å². The van der Waals surface area contributed by atoms with Gasteiger partial charge in [-0.3, -0.25) is 0 Å². The number of halogens is 3. The first-order chi connectivity index (χ1) is 5.91. The second-order valence-corrected chi connectivity index (χ2v) is 2.16. The van der Waals surface area contributed by atoms with Gasteiger partial charge in [-0.05, 0) is 11.1 Å². The Labute approximate surface area is 70.8 Å². The Bertz CT molecular complexity index is 318. The van der Waals surface area contributed by atoms with Gasteiger partial charge in [0.25, 0.3) is 0 Å². The summed E-state index contributed by atoms with van der Waals surface area (Å²) in [6.07, 6.45) is -2.79. The van der Waals surface area contributed by atoms with E-state index in [1.807, 2.05) is 0 Å². The van der Waals surface area contributed by atoms with Crippen LogP contribution in [0.2, 0.25) is 0 Å². The molecule has 13 heavy (non-hydrogen) atoms. The van der Waals surface area contributed by atoms with E-state index in [0.29, 0.717) is 6.07 Å². The highest BCUT2D eigenvalue weighted by molar-refractivity contribution is 5.86. The molecule has 68 valence electrons. The van der Waals surface area contributed by atoms with Crippen LogP contribution in [0.15, 0.2) is 12.1 Å². The molecule has 0 amide bonds. The highest BCUT2D eigenvalue weighted by atomic mass is 19.4. The molecule has 0 fully saturated rings. The van der Waals surface area contributed by atoms with Crippen LogP contribution in [0.25, 0.3) is 0 Å². The fraction of sp³-hybridized carbons (Fsp3) is 0.143. The summed E-state index contributed by atoms with van der Waals surface area (Å²) in [5.41, 5.74) is -1.55. The Hall–Kier alpha value is -1.77. The van der Waals surface area contributed by atoms with Gasteiger partial charge in [-0.15, -0.1) is 0 Å². The van der Waals surface area contributed by atoms with E-state index in [1.54, 1.807) is 6.20 Å². The van der Waals surface area contributed by atoms with Gasteiger partial charge in [0, 0.05) is 6.07 Å². The van der Waals surface area contributed by atoms with Gasteiger partial charge in [-0.1, -0.05) is 0 Å². The van der Waals surface area contributed by atoms with Gasteiger partial charge < -0.3 is 5.11 Å². The molecule has 0 saturated carbocycles. The van der Waals surface area contributed by atoms with Crippen LogP contribution in [0.5, 0.6) is 0 Å². The molecule has 0 spiro atoms. The van der Waals surface area contributed by atoms with Crippen LogP contribution in [0.3, 0.4) is 0 Å². The van der Waals surface area contributed by atoms with E-state index < -0.39 is 23.4 Å². The lowest BCUT2D eigenvalue weighted by molar-refractivity contribution is -0.359. The monoisotopic (exact) mass is 190 g/mol. The number of hydrogen-bond acceptors (Lipinski definition) is 1. The summed E-state index contributed by atoms with van der Waals surface area (Å²) in [5.74, 6) is -1.36. The molecule has 1 aromatic heterocycles. The number of carboxylic acids is 1. The summed E-state index contributed by atoms with van der Waals surface area (Å²) in [6, 6.07) is 1.40. The predicted octanol–water partition coefficient (Wildman–Crippen LogP) is 0.804. The topological polar surface area (TPSA) is 51.4 Å². The van der Waals surface area contributed by atoms with Crippen LogP contribution >= 0.6 is 0 Å². The molecular weight excluding hydrogens is 187 g/mol. The van der Waals surface area contributed by atoms with Crippen molar-refractivity contribution in [3.05, 3.63) is 29.6 Å². The van der Waals surface area contributed by atoms with Gasteiger partial charge >= 0.3 is 24.0 Å². The minimum atomic E-state index is -4.56. The van der Waals surface area contributed by atoms with E-state index in [-0.39, 0.29) is 0 Å². The molecule has 1 aromatic rings. The Balaban J connectivity index is 3.01. The molecule has 0 radical (unpaired) electrons. The Morgan fingerprint density at radius 1 is 1.46 bits per heavy atom. The minimum Gasteiger partial charge on any atom is -0.477 e. The van der Waals surface area contributed by atoms with Crippen molar-refractivity contribution in [2.24, 2.45) is 0 Å². The normalized spacial score (nSPS) is 10.7. The van der Waals surface area contributed by atoms with E-state index in [2.05, 4.69) is 4.98 Å². The van der Waals surface area contributed by atoms with Crippen LogP contribution in [-0.4, -0.2) is 11.1 Å². The van der Waals surface area contributed by atoms with Crippen LogP contribution in [0.1, 0.15) is 16.1 Å². The number of carboxylic acid groups (broad SMARTS) is 1. The second-order valence-electron chi connectivity index (χ2n) is 2.16. The van der Waals surface area contributed by atoms with E-state index in [0.717, 1.165) is 6.07 Å². The third kappa shape index (κ3) is 2.08. The third-order valence-corrected chi connectivity index (χ3v) is 1.23. The summed E-state index contributed by atoms with van der Waals surface area (Å²) in [5, 5.41) is 8.33. The zero-order valence-corrected chi connectivity index (χ0v) is 6.09. The zero-order chi connectivity index (χ0) is 10.1. The predicted molar refractivity (Wildman–Crippen MR) is 32.8 cm³/mol. The molecule has 0 atom stereocenters. The minimum absolute atomic E-state index is 0.395. The molecule has 1 rings (SSSR count). The fourth-order valence-electron chi connectivity index (χ4n) is 0.634. The van der Waals surface area contributed by atoms with Gasteiger partial charge in [-0.25, -0.2) is 4.79 Å². The largest absolute Gasteiger partial charge is 0.496 e. The molecule has 1 N–H and O–H groups in total. The van der Waals surface area contributed by atoms with Crippen molar-refractivity contribution in [3.8, 4) is 0 Å². The Morgan fingerprint density at radius 3 is 2.38 bits per heavy atom. The highest BCUT2D eigenvalue weighted by Gasteiger charge is 2.41. The second kappa shape index (κ2) is 2.94. The molecule has 3 nitrogen and oxygen atoms in total. The Morgan fingerprint density at radius 2 is 2.08 bits per heavy atom. The zero-order valence-electron chi connectivity index (χ0n) is 6.09. The smallest absolute Gasteiger partial charge is 0.477 e. The quantitative estimate of drug-likeness (QED) is 0.712. The van der Waals surface area contributed by atoms with Crippen LogP contribution < -0.4 is 4.98 Å². The van der Waals surface area contributed by atoms with Crippen LogP contribution in [0, 0.1) is 6.20 Å². The molecular formula is C7H3F3NO2+. The number of alkyl halides is 3. The molecule has 6 heteroatoms. The maximum atomic E-state index is 11.9. The molecule has 0 aliphatic heterocycles. The van der Waals surface area contributed by atoms with Crippen molar-refractivity contribution in [1.29, 1.82) is 0 Å². The van der Waals surface area contributed by atoms with Gasteiger partial charge in [0.1, 0.15) is 0 Å². The van der Waals surface area contributed by atoms with E-state index in [4.69, 9.17) is 5.11 Å². The third-order valence-electron chi connectivity index (χ3n) is 1.23. The molecule has 0 bridgehead atoms. The van der Waals surface area contributed by atoms with Gasteiger partial charge in [0.15, 0.2) is 5.56 Å². The summed E-state index contributed by atoms with van der Waals surface area (Å²) < 4.78 is 35.7. The lowest BCUT2D eigenvalue weighted by Crippen LogP contribution is -2.16. The van der Waals surface area contributed by atoms with Crippen molar-refractivity contribution in [3.63, 3.8) is 0 Å². The average molecular weight is 190 g/mol. The summed E-state index contributed by atoms with van der Waals surface area (Å²) in [6.45, 7) is 0. The number of rotatable bonds is 1. The molecule has 0 saturated heterocycles. The SMILES string of the molecule is O=C(O)c1c#[n+]c(C(F)(F)F)cc1. The molecule has 1 heterocycles. The molecule has 0 unspecified atom stereocenters. The summed E-state index contributed by atoms with van der Waals surface area (Å²) in [4.78, 5) is 13.0. The molecule has 0 aliphatic carbocycles.